The number of benzene rings is 1. The van der Waals surface area contributed by atoms with Gasteiger partial charge in [-0.1, -0.05) is 5.16 Å². The molecule has 0 unspecified atom stereocenters. The summed E-state index contributed by atoms with van der Waals surface area (Å²) < 4.78 is 31.8. The number of hydrogen-bond donors (Lipinski definition) is 2. The van der Waals surface area contributed by atoms with E-state index in [1.807, 2.05) is 12.1 Å². The molecule has 0 aliphatic rings. The Morgan fingerprint density at radius 3 is 2.48 bits per heavy atom. The van der Waals surface area contributed by atoms with Crippen molar-refractivity contribution < 1.29 is 22.8 Å². The molecule has 0 fully saturated rings. The maximum atomic E-state index is 12.1. The van der Waals surface area contributed by atoms with Crippen molar-refractivity contribution in [3.63, 3.8) is 0 Å². The number of aliphatic carboxylic acids is 1. The summed E-state index contributed by atoms with van der Waals surface area (Å²) in [5.41, 5.74) is 1.81. The molecule has 2 N–H and O–H groups in total. The molecule has 3 aromatic rings. The monoisotopic (exact) mass is 416 g/mol. The molecule has 0 spiro atoms. The van der Waals surface area contributed by atoms with Crippen LogP contribution in [0.5, 0.6) is 0 Å². The lowest BCUT2D eigenvalue weighted by Crippen LogP contribution is -2.26. The summed E-state index contributed by atoms with van der Waals surface area (Å²) in [5, 5.41) is 12.5. The molecule has 0 atom stereocenters. The van der Waals surface area contributed by atoms with Gasteiger partial charge in [0.1, 0.15) is 0 Å². The number of aryl methyl sites for hydroxylation is 2. The Bertz CT molecular complexity index is 1050. The van der Waals surface area contributed by atoms with Crippen molar-refractivity contribution in [3.8, 4) is 11.4 Å². The fourth-order valence-corrected chi connectivity index (χ4v) is 3.66. The minimum Gasteiger partial charge on any atom is -0.481 e. The fourth-order valence-electron chi connectivity index (χ4n) is 2.63. The number of nitrogens with zero attached hydrogens (tertiary/aromatic N) is 3. The average Bonchev–Trinajstić information content (AvgIpc) is 3.17. The zero-order chi connectivity index (χ0) is 20.7. The lowest BCUT2D eigenvalue weighted by atomic mass is 10.1. The summed E-state index contributed by atoms with van der Waals surface area (Å²) in [6.45, 7) is -0.173. The first-order chi connectivity index (χ1) is 13.9. The summed E-state index contributed by atoms with van der Waals surface area (Å²) >= 11 is 0. The number of hydrogen-bond acceptors (Lipinski definition) is 7. The normalized spacial score (nSPS) is 11.4. The third kappa shape index (κ3) is 5.93. The van der Waals surface area contributed by atoms with E-state index in [1.54, 1.807) is 24.5 Å². The quantitative estimate of drug-likeness (QED) is 0.513. The molecule has 0 aliphatic heterocycles. The average molecular weight is 416 g/mol. The molecule has 2 aromatic heterocycles. The summed E-state index contributed by atoms with van der Waals surface area (Å²) in [7, 11) is -3.77. The summed E-state index contributed by atoms with van der Waals surface area (Å²) in [6.07, 6.45) is 5.59. The number of carboxylic acids is 1. The highest BCUT2D eigenvalue weighted by molar-refractivity contribution is 7.89. The van der Waals surface area contributed by atoms with Gasteiger partial charge in [-0.25, -0.2) is 13.1 Å². The molecular formula is C19H20N4O5S. The van der Waals surface area contributed by atoms with Gasteiger partial charge < -0.3 is 9.63 Å². The second-order valence-electron chi connectivity index (χ2n) is 6.29. The van der Waals surface area contributed by atoms with E-state index in [0.29, 0.717) is 23.7 Å². The van der Waals surface area contributed by atoms with E-state index in [2.05, 4.69) is 19.8 Å². The number of aromatic nitrogens is 3. The SMILES string of the molecule is O=C(O)CCNS(=O)(=O)c1ccc(-c2noc(CCCc3ccncc3)n2)cc1. The van der Waals surface area contributed by atoms with Crippen LogP contribution in [0.1, 0.15) is 24.3 Å². The Kier molecular flexibility index (Phi) is 6.68. The van der Waals surface area contributed by atoms with E-state index in [1.165, 1.54) is 17.7 Å². The third-order valence-electron chi connectivity index (χ3n) is 4.13. The molecule has 0 saturated heterocycles. The first kappa shape index (κ1) is 20.6. The van der Waals surface area contributed by atoms with Gasteiger partial charge in [0.2, 0.25) is 21.7 Å². The lowest BCUT2D eigenvalue weighted by Gasteiger charge is -2.05. The lowest BCUT2D eigenvalue weighted by molar-refractivity contribution is -0.136. The topological polar surface area (TPSA) is 135 Å². The number of pyridine rings is 1. The Morgan fingerprint density at radius 1 is 1.07 bits per heavy atom. The number of nitrogens with one attached hydrogen (secondary N) is 1. The minimum atomic E-state index is -3.77. The zero-order valence-corrected chi connectivity index (χ0v) is 16.3. The molecule has 9 nitrogen and oxygen atoms in total. The number of rotatable bonds is 10. The van der Waals surface area contributed by atoms with Crippen LogP contribution >= 0.6 is 0 Å². The van der Waals surface area contributed by atoms with Crippen molar-refractivity contribution >= 4 is 16.0 Å². The fraction of sp³-hybridized carbons (Fsp3) is 0.263. The highest BCUT2D eigenvalue weighted by atomic mass is 32.2. The summed E-state index contributed by atoms with van der Waals surface area (Å²) in [5.74, 6) is -0.176. The van der Waals surface area contributed by atoms with Crippen LogP contribution in [0.15, 0.2) is 58.2 Å². The van der Waals surface area contributed by atoms with Gasteiger partial charge in [-0.3, -0.25) is 9.78 Å². The zero-order valence-electron chi connectivity index (χ0n) is 15.5. The molecular weight excluding hydrogens is 396 g/mol. The van der Waals surface area contributed by atoms with Crippen LogP contribution in [0.25, 0.3) is 11.4 Å². The molecule has 0 aliphatic carbocycles. The predicted octanol–water partition coefficient (Wildman–Crippen LogP) is 2.06. The van der Waals surface area contributed by atoms with Gasteiger partial charge in [0, 0.05) is 30.9 Å². The maximum Gasteiger partial charge on any atom is 0.304 e. The van der Waals surface area contributed by atoms with E-state index < -0.39 is 16.0 Å². The maximum absolute atomic E-state index is 12.1. The number of sulfonamides is 1. The molecule has 0 radical (unpaired) electrons. The molecule has 0 bridgehead atoms. The molecule has 0 saturated carbocycles. The first-order valence-electron chi connectivity index (χ1n) is 8.97. The van der Waals surface area contributed by atoms with Crippen LogP contribution in [0.4, 0.5) is 0 Å². The Labute approximate surface area is 167 Å². The van der Waals surface area contributed by atoms with Crippen LogP contribution in [0.2, 0.25) is 0 Å². The van der Waals surface area contributed by atoms with E-state index in [0.717, 1.165) is 12.8 Å². The van der Waals surface area contributed by atoms with Crippen LogP contribution in [0.3, 0.4) is 0 Å². The largest absolute Gasteiger partial charge is 0.481 e. The van der Waals surface area contributed by atoms with Gasteiger partial charge in [0.15, 0.2) is 0 Å². The van der Waals surface area contributed by atoms with E-state index in [9.17, 15) is 13.2 Å². The summed E-state index contributed by atoms with van der Waals surface area (Å²) in [4.78, 5) is 18.9. The molecule has 1 aromatic carbocycles. The van der Waals surface area contributed by atoms with Crippen LogP contribution in [0, 0.1) is 0 Å². The summed E-state index contributed by atoms with van der Waals surface area (Å²) in [6, 6.07) is 9.92. The van der Waals surface area contributed by atoms with E-state index >= 15 is 0 Å². The van der Waals surface area contributed by atoms with E-state index in [-0.39, 0.29) is 17.9 Å². The highest BCUT2D eigenvalue weighted by Gasteiger charge is 2.15. The van der Waals surface area contributed by atoms with Crippen molar-refractivity contribution in [2.45, 2.75) is 30.6 Å². The Morgan fingerprint density at radius 2 is 1.79 bits per heavy atom. The Hall–Kier alpha value is -3.11. The third-order valence-corrected chi connectivity index (χ3v) is 5.60. The van der Waals surface area contributed by atoms with Crippen LogP contribution < -0.4 is 4.72 Å². The minimum absolute atomic E-state index is 0.0349. The Balaban J connectivity index is 1.58. The van der Waals surface area contributed by atoms with Gasteiger partial charge in [-0.2, -0.15) is 4.98 Å². The molecule has 152 valence electrons. The van der Waals surface area contributed by atoms with Gasteiger partial charge in [0.05, 0.1) is 11.3 Å². The van der Waals surface area contributed by atoms with Crippen molar-refractivity contribution in [2.75, 3.05) is 6.54 Å². The van der Waals surface area contributed by atoms with Gasteiger partial charge >= 0.3 is 5.97 Å². The highest BCUT2D eigenvalue weighted by Crippen LogP contribution is 2.19. The van der Waals surface area contributed by atoms with Crippen molar-refractivity contribution in [1.82, 2.24) is 19.8 Å². The van der Waals surface area contributed by atoms with Crippen LogP contribution in [-0.2, 0) is 27.7 Å². The number of carboxylic acid groups (broad SMARTS) is 1. The van der Waals surface area contributed by atoms with Crippen molar-refractivity contribution in [3.05, 3.63) is 60.2 Å². The molecule has 0 amide bonds. The van der Waals surface area contributed by atoms with Gasteiger partial charge in [-0.05, 0) is 54.8 Å². The van der Waals surface area contributed by atoms with Crippen LogP contribution in [-0.4, -0.2) is 41.2 Å². The first-order valence-corrected chi connectivity index (χ1v) is 10.5. The second-order valence-corrected chi connectivity index (χ2v) is 8.05. The molecule has 2 heterocycles. The van der Waals surface area contributed by atoms with E-state index in [4.69, 9.17) is 9.63 Å². The predicted molar refractivity (Wildman–Crippen MR) is 103 cm³/mol. The molecule has 3 rings (SSSR count). The molecule has 10 heteroatoms. The number of carbonyl (C=O) groups is 1. The smallest absolute Gasteiger partial charge is 0.304 e. The second kappa shape index (κ2) is 9.39. The standard InChI is InChI=1S/C19H20N4O5S/c24-18(25)10-13-21-29(26,27)16-6-4-15(5-7-16)19-22-17(28-23-19)3-1-2-14-8-11-20-12-9-14/h4-9,11-12,21H,1-3,10,13H2,(H,24,25). The molecule has 29 heavy (non-hydrogen) atoms. The van der Waals surface area contributed by atoms with Crippen molar-refractivity contribution in [2.24, 2.45) is 0 Å². The van der Waals surface area contributed by atoms with Gasteiger partial charge in [0.25, 0.3) is 0 Å². The van der Waals surface area contributed by atoms with Crippen molar-refractivity contribution in [1.29, 1.82) is 0 Å². The van der Waals surface area contributed by atoms with Gasteiger partial charge in [-0.15, -0.1) is 0 Å².